The summed E-state index contributed by atoms with van der Waals surface area (Å²) < 4.78 is 1.53. The van der Waals surface area contributed by atoms with E-state index in [4.69, 9.17) is 5.26 Å². The lowest BCUT2D eigenvalue weighted by atomic mass is 10.1. The van der Waals surface area contributed by atoms with E-state index < -0.39 is 0 Å². The molecule has 0 radical (unpaired) electrons. The molecule has 1 aliphatic carbocycles. The topological polar surface area (TPSA) is 104 Å². The predicted molar refractivity (Wildman–Crippen MR) is 99.4 cm³/mol. The van der Waals surface area contributed by atoms with Crippen molar-refractivity contribution in [2.24, 2.45) is 0 Å². The number of rotatable bonds is 5. The molecule has 1 aromatic carbocycles. The summed E-state index contributed by atoms with van der Waals surface area (Å²) in [6.45, 7) is 0. The minimum absolute atomic E-state index is 0.129. The van der Waals surface area contributed by atoms with Gasteiger partial charge in [-0.15, -0.1) is 0 Å². The van der Waals surface area contributed by atoms with Crippen molar-refractivity contribution < 1.29 is 4.79 Å². The number of carbonyl (C=O) groups is 1. The first-order valence-electron chi connectivity index (χ1n) is 8.69. The molecule has 0 unspecified atom stereocenters. The number of pyridine rings is 1. The van der Waals surface area contributed by atoms with Crippen LogP contribution >= 0.6 is 0 Å². The monoisotopic (exact) mass is 359 g/mol. The fourth-order valence-corrected chi connectivity index (χ4v) is 2.77. The Morgan fingerprint density at radius 1 is 1.26 bits per heavy atom. The summed E-state index contributed by atoms with van der Waals surface area (Å²) >= 11 is 0. The zero-order chi connectivity index (χ0) is 18.8. The van der Waals surface area contributed by atoms with Crippen LogP contribution < -0.4 is 10.9 Å². The summed E-state index contributed by atoms with van der Waals surface area (Å²) in [6.07, 6.45) is 5.57. The Bertz CT molecular complexity index is 1070. The van der Waals surface area contributed by atoms with Crippen molar-refractivity contribution in [2.45, 2.75) is 25.3 Å². The highest BCUT2D eigenvalue weighted by Crippen LogP contribution is 2.20. The van der Waals surface area contributed by atoms with Crippen molar-refractivity contribution in [1.29, 1.82) is 5.26 Å². The summed E-state index contributed by atoms with van der Waals surface area (Å²) in [5, 5.41) is 14.4. The molecule has 4 rings (SSSR count). The second kappa shape index (κ2) is 6.92. The first-order valence-corrected chi connectivity index (χ1v) is 8.69. The van der Waals surface area contributed by atoms with Gasteiger partial charge in [-0.1, -0.05) is 24.3 Å². The minimum atomic E-state index is -0.236. The first kappa shape index (κ1) is 16.8. The van der Waals surface area contributed by atoms with Crippen LogP contribution in [-0.2, 0) is 6.42 Å². The van der Waals surface area contributed by atoms with Crippen molar-refractivity contribution in [1.82, 2.24) is 20.1 Å². The summed E-state index contributed by atoms with van der Waals surface area (Å²) in [5.41, 5.74) is 2.43. The van der Waals surface area contributed by atoms with Crippen LogP contribution in [0, 0.1) is 11.3 Å². The molecule has 0 saturated heterocycles. The van der Waals surface area contributed by atoms with Crippen LogP contribution in [0.1, 0.15) is 28.8 Å². The summed E-state index contributed by atoms with van der Waals surface area (Å²) in [7, 11) is 0. The zero-order valence-corrected chi connectivity index (χ0v) is 14.5. The molecule has 2 heterocycles. The normalized spacial score (nSPS) is 13.1. The molecule has 2 N–H and O–H groups in total. The van der Waals surface area contributed by atoms with E-state index in [9.17, 15) is 9.59 Å². The number of carbonyl (C=O) groups excluding carboxylic acids is 1. The van der Waals surface area contributed by atoms with E-state index in [2.05, 4.69) is 21.5 Å². The van der Waals surface area contributed by atoms with Crippen molar-refractivity contribution in [3.8, 4) is 23.0 Å². The standard InChI is InChI=1S/C20H17N5O2/c21-10-9-13-1-3-14(4-2-13)17-12-25(24-20(17)27)18-8-5-15(11-22-18)19(26)23-16-6-7-16/h1-5,8,11-12,16H,6-7,9H2,(H,23,26)(H,24,27). The number of hydrogen-bond acceptors (Lipinski definition) is 4. The Kier molecular flexibility index (Phi) is 4.30. The Hall–Kier alpha value is -3.66. The number of benzene rings is 1. The van der Waals surface area contributed by atoms with Crippen molar-refractivity contribution in [3.05, 3.63) is 70.3 Å². The summed E-state index contributed by atoms with van der Waals surface area (Å²) in [4.78, 5) is 28.6. The third kappa shape index (κ3) is 3.65. The van der Waals surface area contributed by atoms with Gasteiger partial charge < -0.3 is 5.32 Å². The lowest BCUT2D eigenvalue weighted by Crippen LogP contribution is -2.25. The molecule has 3 aromatic rings. The molecular weight excluding hydrogens is 342 g/mol. The molecule has 134 valence electrons. The largest absolute Gasteiger partial charge is 0.349 e. The summed E-state index contributed by atoms with van der Waals surface area (Å²) in [6, 6.07) is 13.1. The van der Waals surface area contributed by atoms with E-state index >= 15 is 0 Å². The minimum Gasteiger partial charge on any atom is -0.349 e. The second-order valence-corrected chi connectivity index (χ2v) is 6.54. The van der Waals surface area contributed by atoms with Gasteiger partial charge in [0.25, 0.3) is 11.5 Å². The van der Waals surface area contributed by atoms with Gasteiger partial charge in [-0.2, -0.15) is 5.26 Å². The van der Waals surface area contributed by atoms with Gasteiger partial charge in [-0.05, 0) is 36.1 Å². The fraction of sp³-hybridized carbons (Fsp3) is 0.200. The first-order chi connectivity index (χ1) is 13.1. The average molecular weight is 359 g/mol. The molecule has 7 heteroatoms. The Labute approximate surface area is 155 Å². The molecule has 1 fully saturated rings. The van der Waals surface area contributed by atoms with Crippen LogP contribution in [0.25, 0.3) is 16.9 Å². The van der Waals surface area contributed by atoms with Crippen molar-refractivity contribution in [3.63, 3.8) is 0 Å². The van der Waals surface area contributed by atoms with Gasteiger partial charge in [-0.25, -0.2) is 9.67 Å². The smallest absolute Gasteiger partial charge is 0.272 e. The Morgan fingerprint density at radius 3 is 2.67 bits per heavy atom. The van der Waals surface area contributed by atoms with Crippen LogP contribution in [0.4, 0.5) is 0 Å². The molecule has 1 saturated carbocycles. The van der Waals surface area contributed by atoms with Gasteiger partial charge in [0.2, 0.25) is 0 Å². The zero-order valence-electron chi connectivity index (χ0n) is 14.5. The van der Waals surface area contributed by atoms with E-state index in [0.717, 1.165) is 24.0 Å². The van der Waals surface area contributed by atoms with Gasteiger partial charge in [0.15, 0.2) is 5.82 Å². The highest BCUT2D eigenvalue weighted by atomic mass is 16.1. The van der Waals surface area contributed by atoms with E-state index in [1.807, 2.05) is 24.3 Å². The maximum atomic E-state index is 12.3. The van der Waals surface area contributed by atoms with E-state index in [0.29, 0.717) is 29.4 Å². The molecule has 0 atom stereocenters. The third-order valence-electron chi connectivity index (χ3n) is 4.44. The molecule has 7 nitrogen and oxygen atoms in total. The summed E-state index contributed by atoms with van der Waals surface area (Å²) in [5.74, 6) is 0.387. The number of aromatic nitrogens is 3. The molecule has 1 amide bonds. The van der Waals surface area contributed by atoms with Crippen LogP contribution in [0.3, 0.4) is 0 Å². The molecular formula is C20H17N5O2. The number of amides is 1. The number of hydrogen-bond donors (Lipinski definition) is 2. The van der Waals surface area contributed by atoms with Gasteiger partial charge in [0.1, 0.15) is 0 Å². The fourth-order valence-electron chi connectivity index (χ4n) is 2.77. The van der Waals surface area contributed by atoms with Gasteiger partial charge in [0, 0.05) is 18.4 Å². The average Bonchev–Trinajstić information content (AvgIpc) is 3.42. The number of H-pyrrole nitrogens is 1. The van der Waals surface area contributed by atoms with Crippen LogP contribution in [-0.4, -0.2) is 26.7 Å². The molecule has 0 spiro atoms. The molecule has 0 bridgehead atoms. The lowest BCUT2D eigenvalue weighted by Gasteiger charge is -2.05. The van der Waals surface area contributed by atoms with Crippen molar-refractivity contribution in [2.75, 3.05) is 0 Å². The SMILES string of the molecule is N#CCc1ccc(-c2cn(-c3ccc(C(=O)NC4CC4)cn3)[nH]c2=O)cc1. The van der Waals surface area contributed by atoms with Crippen molar-refractivity contribution >= 4 is 5.91 Å². The van der Waals surface area contributed by atoms with Gasteiger partial charge >= 0.3 is 0 Å². The number of nitriles is 1. The highest BCUT2D eigenvalue weighted by molar-refractivity contribution is 5.94. The molecule has 1 aliphatic rings. The molecule has 0 aliphatic heterocycles. The van der Waals surface area contributed by atoms with E-state index in [-0.39, 0.29) is 11.5 Å². The molecule has 27 heavy (non-hydrogen) atoms. The number of nitrogens with zero attached hydrogens (tertiary/aromatic N) is 3. The highest BCUT2D eigenvalue weighted by Gasteiger charge is 2.23. The van der Waals surface area contributed by atoms with Gasteiger partial charge in [-0.3, -0.25) is 14.7 Å². The lowest BCUT2D eigenvalue weighted by molar-refractivity contribution is 0.0950. The Balaban J connectivity index is 1.56. The quantitative estimate of drug-likeness (QED) is 0.729. The van der Waals surface area contributed by atoms with E-state index in [1.54, 1.807) is 18.3 Å². The number of nitrogens with one attached hydrogen (secondary N) is 2. The second-order valence-electron chi connectivity index (χ2n) is 6.54. The third-order valence-corrected chi connectivity index (χ3v) is 4.44. The van der Waals surface area contributed by atoms with E-state index in [1.165, 1.54) is 10.9 Å². The Morgan fingerprint density at radius 2 is 2.04 bits per heavy atom. The van der Waals surface area contributed by atoms with Crippen LogP contribution in [0.2, 0.25) is 0 Å². The van der Waals surface area contributed by atoms with Crippen LogP contribution in [0.15, 0.2) is 53.6 Å². The maximum absolute atomic E-state index is 12.3. The number of aromatic amines is 1. The molecule has 2 aromatic heterocycles. The van der Waals surface area contributed by atoms with Crippen LogP contribution in [0.5, 0.6) is 0 Å². The maximum Gasteiger partial charge on any atom is 0.272 e. The predicted octanol–water partition coefficient (Wildman–Crippen LogP) is 2.19. The van der Waals surface area contributed by atoms with Gasteiger partial charge in [0.05, 0.1) is 23.6 Å².